The molecule has 2 N–H and O–H groups in total. The van der Waals surface area contributed by atoms with Gasteiger partial charge in [-0.1, -0.05) is 36.4 Å². The molecule has 0 bridgehead atoms. The number of nitrogens with zero attached hydrogens (tertiary/aromatic N) is 2. The molecular formula is C29H31FN4O2. The zero-order chi connectivity index (χ0) is 25.8. The lowest BCUT2D eigenvalue weighted by atomic mass is 9.98. The summed E-state index contributed by atoms with van der Waals surface area (Å²) in [5, 5.41) is 6.22. The molecule has 0 radical (unpaired) electrons. The van der Waals surface area contributed by atoms with Crippen molar-refractivity contribution in [3.05, 3.63) is 94.8 Å². The van der Waals surface area contributed by atoms with Gasteiger partial charge in [0.25, 0.3) is 5.91 Å². The van der Waals surface area contributed by atoms with E-state index in [0.29, 0.717) is 35.4 Å². The summed E-state index contributed by atoms with van der Waals surface area (Å²) in [6.07, 6.45) is 1.06. The number of carbonyl (C=O) groups is 2. The summed E-state index contributed by atoms with van der Waals surface area (Å²) in [7, 11) is 7.54. The largest absolute Gasteiger partial charge is 0.354 e. The van der Waals surface area contributed by atoms with E-state index in [1.807, 2.05) is 62.6 Å². The minimum Gasteiger partial charge on any atom is -0.354 e. The summed E-state index contributed by atoms with van der Waals surface area (Å²) in [5.41, 5.74) is 6.05. The van der Waals surface area contributed by atoms with Crippen LogP contribution in [0, 0.1) is 5.82 Å². The SMILES string of the molecule is CN(C)Cc1ccc(N/C(=C2\C(=O)Nc3cc(F)ccc32)c2ccc(CCC(=O)N(C)C)cc2)cc1. The number of hydrogen-bond acceptors (Lipinski definition) is 4. The second-order valence-electron chi connectivity index (χ2n) is 9.44. The summed E-state index contributed by atoms with van der Waals surface area (Å²) in [4.78, 5) is 28.7. The number of benzene rings is 3. The van der Waals surface area contributed by atoms with E-state index in [1.165, 1.54) is 17.7 Å². The summed E-state index contributed by atoms with van der Waals surface area (Å²) in [6.45, 7) is 0.827. The predicted molar refractivity (Wildman–Crippen MR) is 143 cm³/mol. The number of carbonyl (C=O) groups excluding carboxylic acids is 2. The number of aryl methyl sites for hydroxylation is 1. The van der Waals surface area contributed by atoms with Crippen LogP contribution in [0.2, 0.25) is 0 Å². The van der Waals surface area contributed by atoms with Crippen molar-refractivity contribution >= 4 is 34.5 Å². The van der Waals surface area contributed by atoms with Gasteiger partial charge in [0.15, 0.2) is 0 Å². The Morgan fingerprint density at radius 3 is 2.22 bits per heavy atom. The molecule has 0 aliphatic carbocycles. The van der Waals surface area contributed by atoms with Gasteiger partial charge in [0.2, 0.25) is 5.91 Å². The molecule has 0 unspecified atom stereocenters. The van der Waals surface area contributed by atoms with Crippen LogP contribution in [0.15, 0.2) is 66.7 Å². The van der Waals surface area contributed by atoms with Crippen LogP contribution in [-0.4, -0.2) is 49.8 Å². The van der Waals surface area contributed by atoms with Crippen molar-refractivity contribution in [3.8, 4) is 0 Å². The van der Waals surface area contributed by atoms with Gasteiger partial charge in [-0.15, -0.1) is 0 Å². The van der Waals surface area contributed by atoms with E-state index in [2.05, 4.69) is 15.5 Å². The van der Waals surface area contributed by atoms with E-state index in [1.54, 1.807) is 25.1 Å². The molecule has 3 aromatic carbocycles. The van der Waals surface area contributed by atoms with E-state index >= 15 is 0 Å². The fraction of sp³-hybridized carbons (Fsp3) is 0.241. The lowest BCUT2D eigenvalue weighted by Crippen LogP contribution is -2.21. The molecule has 6 nitrogen and oxygen atoms in total. The Bertz CT molecular complexity index is 1300. The van der Waals surface area contributed by atoms with Gasteiger partial charge in [-0.05, 0) is 67.5 Å². The van der Waals surface area contributed by atoms with Gasteiger partial charge < -0.3 is 20.4 Å². The Morgan fingerprint density at radius 1 is 0.917 bits per heavy atom. The molecule has 0 atom stereocenters. The molecule has 36 heavy (non-hydrogen) atoms. The molecule has 4 rings (SSSR count). The van der Waals surface area contributed by atoms with Crippen molar-refractivity contribution < 1.29 is 14.0 Å². The summed E-state index contributed by atoms with van der Waals surface area (Å²) < 4.78 is 13.8. The van der Waals surface area contributed by atoms with Gasteiger partial charge >= 0.3 is 0 Å². The maximum absolute atomic E-state index is 13.8. The monoisotopic (exact) mass is 486 g/mol. The quantitative estimate of drug-likeness (QED) is 0.447. The van der Waals surface area contributed by atoms with Crippen LogP contribution in [0.5, 0.6) is 0 Å². The Labute approximate surface area is 211 Å². The first-order valence-corrected chi connectivity index (χ1v) is 11.9. The predicted octanol–water partition coefficient (Wildman–Crippen LogP) is 4.84. The molecule has 0 spiro atoms. The van der Waals surface area contributed by atoms with Gasteiger partial charge in [-0.25, -0.2) is 4.39 Å². The van der Waals surface area contributed by atoms with Crippen molar-refractivity contribution in [3.63, 3.8) is 0 Å². The standard InChI is InChI=1S/C29H31FN4O2/c1-33(2)18-20-7-13-23(14-8-20)31-28(27-24-15-12-22(30)17-25(24)32-29(27)36)21-10-5-19(6-11-21)9-16-26(35)34(3)4/h5-8,10-15,17,31H,9,16,18H2,1-4H3,(H,32,36)/b28-27-. The Hall–Kier alpha value is -3.97. The first kappa shape index (κ1) is 25.1. The topological polar surface area (TPSA) is 64.7 Å². The van der Waals surface area contributed by atoms with Crippen molar-refractivity contribution in [1.82, 2.24) is 9.80 Å². The molecule has 2 amide bonds. The molecule has 1 heterocycles. The molecular weight excluding hydrogens is 455 g/mol. The van der Waals surface area contributed by atoms with E-state index in [0.717, 1.165) is 23.4 Å². The van der Waals surface area contributed by atoms with E-state index in [9.17, 15) is 14.0 Å². The van der Waals surface area contributed by atoms with Crippen LogP contribution >= 0.6 is 0 Å². The third-order valence-corrected chi connectivity index (χ3v) is 6.07. The molecule has 0 saturated carbocycles. The van der Waals surface area contributed by atoms with Gasteiger partial charge in [0, 0.05) is 38.3 Å². The highest BCUT2D eigenvalue weighted by atomic mass is 19.1. The molecule has 0 fully saturated rings. The highest BCUT2D eigenvalue weighted by Crippen LogP contribution is 2.38. The maximum Gasteiger partial charge on any atom is 0.258 e. The fourth-order valence-electron chi connectivity index (χ4n) is 4.19. The van der Waals surface area contributed by atoms with E-state index in [4.69, 9.17) is 0 Å². The molecule has 3 aromatic rings. The molecule has 0 saturated heterocycles. The molecule has 7 heteroatoms. The smallest absolute Gasteiger partial charge is 0.258 e. The lowest BCUT2D eigenvalue weighted by molar-refractivity contribution is -0.128. The van der Waals surface area contributed by atoms with Crippen LogP contribution in [0.25, 0.3) is 11.3 Å². The van der Waals surface area contributed by atoms with Crippen LogP contribution < -0.4 is 10.6 Å². The third kappa shape index (κ3) is 5.80. The second-order valence-corrected chi connectivity index (χ2v) is 9.44. The summed E-state index contributed by atoms with van der Waals surface area (Å²) >= 11 is 0. The van der Waals surface area contributed by atoms with Crippen LogP contribution in [-0.2, 0) is 22.6 Å². The molecule has 1 aliphatic rings. The minimum absolute atomic E-state index is 0.0766. The first-order chi connectivity index (χ1) is 17.2. The molecule has 0 aromatic heterocycles. The molecule has 1 aliphatic heterocycles. The number of amides is 2. The normalized spacial score (nSPS) is 13.9. The number of anilines is 2. The van der Waals surface area contributed by atoms with Gasteiger partial charge in [-0.2, -0.15) is 0 Å². The summed E-state index contributed by atoms with van der Waals surface area (Å²) in [5.74, 6) is -0.617. The van der Waals surface area contributed by atoms with E-state index < -0.39 is 5.82 Å². The van der Waals surface area contributed by atoms with Crippen molar-refractivity contribution in [2.45, 2.75) is 19.4 Å². The van der Waals surface area contributed by atoms with Crippen molar-refractivity contribution in [2.24, 2.45) is 0 Å². The van der Waals surface area contributed by atoms with Crippen LogP contribution in [0.3, 0.4) is 0 Å². The lowest BCUT2D eigenvalue weighted by Gasteiger charge is -2.16. The Morgan fingerprint density at radius 2 is 1.58 bits per heavy atom. The third-order valence-electron chi connectivity index (χ3n) is 6.07. The fourth-order valence-corrected chi connectivity index (χ4v) is 4.19. The Kier molecular flexibility index (Phi) is 7.50. The highest BCUT2D eigenvalue weighted by molar-refractivity contribution is 6.37. The van der Waals surface area contributed by atoms with Gasteiger partial charge in [0.1, 0.15) is 5.82 Å². The van der Waals surface area contributed by atoms with Crippen molar-refractivity contribution in [1.29, 1.82) is 0 Å². The highest BCUT2D eigenvalue weighted by Gasteiger charge is 2.28. The minimum atomic E-state index is -0.405. The number of nitrogens with one attached hydrogen (secondary N) is 2. The first-order valence-electron chi connectivity index (χ1n) is 11.9. The zero-order valence-electron chi connectivity index (χ0n) is 21.1. The second kappa shape index (κ2) is 10.7. The number of halogens is 1. The zero-order valence-corrected chi connectivity index (χ0v) is 21.1. The van der Waals surface area contributed by atoms with Crippen LogP contribution in [0.4, 0.5) is 15.8 Å². The summed E-state index contributed by atoms with van der Waals surface area (Å²) in [6, 6.07) is 20.2. The van der Waals surface area contributed by atoms with Gasteiger partial charge in [-0.3, -0.25) is 9.59 Å². The van der Waals surface area contributed by atoms with Crippen molar-refractivity contribution in [2.75, 3.05) is 38.8 Å². The van der Waals surface area contributed by atoms with Crippen LogP contribution in [0.1, 0.15) is 28.7 Å². The number of rotatable bonds is 8. The van der Waals surface area contributed by atoms with Gasteiger partial charge in [0.05, 0.1) is 17.0 Å². The molecule has 186 valence electrons. The average molecular weight is 487 g/mol. The Balaban J connectivity index is 1.70. The number of fused-ring (bicyclic) bond motifs is 1. The average Bonchev–Trinajstić information content (AvgIpc) is 3.16. The maximum atomic E-state index is 13.8. The van der Waals surface area contributed by atoms with E-state index in [-0.39, 0.29) is 11.8 Å². The number of hydrogen-bond donors (Lipinski definition) is 2.